The van der Waals surface area contributed by atoms with E-state index < -0.39 is 6.04 Å². The number of thiophene rings is 1. The van der Waals surface area contributed by atoms with Gasteiger partial charge < -0.3 is 11.1 Å². The van der Waals surface area contributed by atoms with Crippen molar-refractivity contribution in [3.63, 3.8) is 0 Å². The Morgan fingerprint density at radius 2 is 2.25 bits per heavy atom. The van der Waals surface area contributed by atoms with Crippen LogP contribution in [0.4, 0.5) is 0 Å². The number of carbonyl (C=O) groups is 1. The molecule has 16 heavy (non-hydrogen) atoms. The highest BCUT2D eigenvalue weighted by atomic mass is 32.1. The maximum Gasteiger partial charge on any atom is 0.237 e. The molecular weight excluding hydrogens is 220 g/mol. The van der Waals surface area contributed by atoms with Gasteiger partial charge in [0.05, 0.1) is 6.04 Å². The van der Waals surface area contributed by atoms with Crippen molar-refractivity contribution in [2.75, 3.05) is 6.54 Å². The Bertz CT molecular complexity index is 327. The van der Waals surface area contributed by atoms with E-state index in [2.05, 4.69) is 16.8 Å². The lowest BCUT2D eigenvalue weighted by molar-refractivity contribution is -0.124. The molecule has 0 bridgehead atoms. The van der Waals surface area contributed by atoms with Gasteiger partial charge in [-0.25, -0.2) is 0 Å². The van der Waals surface area contributed by atoms with E-state index in [1.165, 1.54) is 5.56 Å². The van der Waals surface area contributed by atoms with E-state index in [1.807, 2.05) is 26.2 Å². The Balaban J connectivity index is 2.30. The number of nitrogens with one attached hydrogen (secondary N) is 1. The first-order valence-electron chi connectivity index (χ1n) is 5.45. The molecule has 1 rings (SSSR count). The van der Waals surface area contributed by atoms with Gasteiger partial charge in [0.1, 0.15) is 0 Å². The maximum atomic E-state index is 11.7. The van der Waals surface area contributed by atoms with Crippen molar-refractivity contribution in [1.29, 1.82) is 0 Å². The summed E-state index contributed by atoms with van der Waals surface area (Å²) in [5, 5.41) is 7.00. The molecule has 1 aromatic heterocycles. The second-order valence-electron chi connectivity index (χ2n) is 5.02. The van der Waals surface area contributed by atoms with E-state index >= 15 is 0 Å². The Kier molecular flexibility index (Phi) is 4.50. The van der Waals surface area contributed by atoms with Crippen molar-refractivity contribution in [3.05, 3.63) is 22.4 Å². The Morgan fingerprint density at radius 1 is 1.56 bits per heavy atom. The van der Waals surface area contributed by atoms with Gasteiger partial charge in [0.2, 0.25) is 5.91 Å². The number of hydrogen-bond acceptors (Lipinski definition) is 3. The van der Waals surface area contributed by atoms with Gasteiger partial charge in [0.15, 0.2) is 0 Å². The fourth-order valence-corrected chi connectivity index (χ4v) is 1.97. The molecule has 0 aliphatic heterocycles. The van der Waals surface area contributed by atoms with Crippen molar-refractivity contribution >= 4 is 17.2 Å². The van der Waals surface area contributed by atoms with E-state index in [4.69, 9.17) is 5.73 Å². The van der Waals surface area contributed by atoms with Crippen molar-refractivity contribution in [2.24, 2.45) is 11.1 Å². The number of carbonyl (C=O) groups excluding carboxylic acids is 1. The molecule has 0 radical (unpaired) electrons. The molecule has 0 aromatic carbocycles. The van der Waals surface area contributed by atoms with Crippen LogP contribution in [0.3, 0.4) is 0 Å². The van der Waals surface area contributed by atoms with Crippen LogP contribution < -0.4 is 11.1 Å². The van der Waals surface area contributed by atoms with Crippen LogP contribution in [0.25, 0.3) is 0 Å². The minimum atomic E-state index is -0.449. The van der Waals surface area contributed by atoms with Gasteiger partial charge in [-0.3, -0.25) is 4.79 Å². The van der Waals surface area contributed by atoms with Gasteiger partial charge in [0.25, 0.3) is 0 Å². The first-order valence-corrected chi connectivity index (χ1v) is 6.40. The third-order valence-electron chi connectivity index (χ3n) is 2.51. The van der Waals surface area contributed by atoms with Gasteiger partial charge in [-0.15, -0.1) is 0 Å². The zero-order valence-electron chi connectivity index (χ0n) is 10.1. The molecule has 4 heteroatoms. The molecule has 3 N–H and O–H groups in total. The number of hydrogen-bond donors (Lipinski definition) is 2. The summed E-state index contributed by atoms with van der Waals surface area (Å²) < 4.78 is 0. The van der Waals surface area contributed by atoms with Crippen LogP contribution in [0.1, 0.15) is 26.3 Å². The van der Waals surface area contributed by atoms with Crippen LogP contribution in [0.2, 0.25) is 0 Å². The molecule has 0 aliphatic carbocycles. The quantitative estimate of drug-likeness (QED) is 0.843. The fraction of sp³-hybridized carbons (Fsp3) is 0.583. The molecule has 1 heterocycles. The van der Waals surface area contributed by atoms with E-state index in [-0.39, 0.29) is 11.3 Å². The molecule has 0 saturated heterocycles. The highest BCUT2D eigenvalue weighted by molar-refractivity contribution is 7.07. The van der Waals surface area contributed by atoms with Gasteiger partial charge in [-0.1, -0.05) is 20.8 Å². The van der Waals surface area contributed by atoms with E-state index in [0.29, 0.717) is 6.54 Å². The summed E-state index contributed by atoms with van der Waals surface area (Å²) in [5.74, 6) is -0.0669. The highest BCUT2D eigenvalue weighted by Gasteiger charge is 2.26. The predicted octanol–water partition coefficient (Wildman–Crippen LogP) is 1.78. The number of rotatable bonds is 4. The summed E-state index contributed by atoms with van der Waals surface area (Å²) in [4.78, 5) is 11.7. The lowest BCUT2D eigenvalue weighted by atomic mass is 9.87. The molecule has 0 saturated carbocycles. The lowest BCUT2D eigenvalue weighted by Crippen LogP contribution is -2.48. The molecule has 3 nitrogen and oxygen atoms in total. The fourth-order valence-electron chi connectivity index (χ4n) is 1.27. The average Bonchev–Trinajstić information content (AvgIpc) is 2.67. The summed E-state index contributed by atoms with van der Waals surface area (Å²) in [6.45, 7) is 6.56. The van der Waals surface area contributed by atoms with Crippen LogP contribution >= 0.6 is 11.3 Å². The molecule has 0 aliphatic rings. The zero-order chi connectivity index (χ0) is 12.2. The molecule has 0 unspecified atom stereocenters. The van der Waals surface area contributed by atoms with Crippen LogP contribution in [-0.4, -0.2) is 18.5 Å². The van der Waals surface area contributed by atoms with Gasteiger partial charge in [-0.2, -0.15) is 11.3 Å². The molecule has 0 spiro atoms. The Morgan fingerprint density at radius 3 is 2.75 bits per heavy atom. The third-order valence-corrected chi connectivity index (χ3v) is 3.24. The predicted molar refractivity (Wildman–Crippen MR) is 68.5 cm³/mol. The maximum absolute atomic E-state index is 11.7. The SMILES string of the molecule is CC(C)(C)[C@H](N)C(=O)NCCc1ccsc1. The lowest BCUT2D eigenvalue weighted by Gasteiger charge is -2.25. The Hall–Kier alpha value is -0.870. The van der Waals surface area contributed by atoms with E-state index in [1.54, 1.807) is 11.3 Å². The van der Waals surface area contributed by atoms with Crippen molar-refractivity contribution in [1.82, 2.24) is 5.32 Å². The van der Waals surface area contributed by atoms with Crippen LogP contribution in [-0.2, 0) is 11.2 Å². The standard InChI is InChI=1S/C12H20N2OS/c1-12(2,3)10(13)11(15)14-6-4-9-5-7-16-8-9/h5,7-8,10H,4,6,13H2,1-3H3,(H,14,15)/t10-/m1/s1. The van der Waals surface area contributed by atoms with Crippen molar-refractivity contribution < 1.29 is 4.79 Å². The monoisotopic (exact) mass is 240 g/mol. The first-order chi connectivity index (χ1) is 7.41. The second kappa shape index (κ2) is 5.46. The first kappa shape index (κ1) is 13.2. The molecule has 1 amide bonds. The summed E-state index contributed by atoms with van der Waals surface area (Å²) in [6.07, 6.45) is 0.867. The van der Waals surface area contributed by atoms with Crippen LogP contribution in [0.5, 0.6) is 0 Å². The van der Waals surface area contributed by atoms with Gasteiger partial charge >= 0.3 is 0 Å². The van der Waals surface area contributed by atoms with Crippen molar-refractivity contribution in [3.8, 4) is 0 Å². The smallest absolute Gasteiger partial charge is 0.237 e. The molecular formula is C12H20N2OS. The molecule has 1 aromatic rings. The Labute approximate surface area is 101 Å². The summed E-state index contributed by atoms with van der Waals surface area (Å²) >= 11 is 1.67. The topological polar surface area (TPSA) is 55.1 Å². The minimum Gasteiger partial charge on any atom is -0.354 e. The molecule has 0 fully saturated rings. The second-order valence-corrected chi connectivity index (χ2v) is 5.80. The number of nitrogens with two attached hydrogens (primary N) is 1. The normalized spacial score (nSPS) is 13.5. The summed E-state index contributed by atoms with van der Waals surface area (Å²) in [6, 6.07) is 1.62. The van der Waals surface area contributed by atoms with E-state index in [0.717, 1.165) is 6.42 Å². The third kappa shape index (κ3) is 3.94. The minimum absolute atomic E-state index is 0.0669. The van der Waals surface area contributed by atoms with Crippen molar-refractivity contribution in [2.45, 2.75) is 33.2 Å². The highest BCUT2D eigenvalue weighted by Crippen LogP contribution is 2.17. The summed E-state index contributed by atoms with van der Waals surface area (Å²) in [5.41, 5.74) is 6.91. The van der Waals surface area contributed by atoms with Crippen LogP contribution in [0.15, 0.2) is 16.8 Å². The van der Waals surface area contributed by atoms with Crippen LogP contribution in [0, 0.1) is 5.41 Å². The zero-order valence-corrected chi connectivity index (χ0v) is 10.9. The molecule has 90 valence electrons. The summed E-state index contributed by atoms with van der Waals surface area (Å²) in [7, 11) is 0. The van der Waals surface area contributed by atoms with Gasteiger partial charge in [0, 0.05) is 6.54 Å². The average molecular weight is 240 g/mol. The largest absolute Gasteiger partial charge is 0.354 e. The van der Waals surface area contributed by atoms with E-state index in [9.17, 15) is 4.79 Å². The number of amides is 1. The molecule has 1 atom stereocenters. The van der Waals surface area contributed by atoms with Gasteiger partial charge in [-0.05, 0) is 34.2 Å².